The second kappa shape index (κ2) is 4.81. The molecule has 2 N–H and O–H groups in total. The van der Waals surface area contributed by atoms with Crippen LogP contribution in [0.3, 0.4) is 0 Å². The van der Waals surface area contributed by atoms with Gasteiger partial charge in [0.25, 0.3) is 0 Å². The minimum atomic E-state index is 0.509. The highest BCUT2D eigenvalue weighted by Gasteiger charge is 2.33. The molecule has 2 aliphatic carbocycles. The zero-order valence-corrected chi connectivity index (χ0v) is 10.5. The molecule has 17 heavy (non-hydrogen) atoms. The summed E-state index contributed by atoms with van der Waals surface area (Å²) in [6.07, 6.45) is 13.7. The largest absolute Gasteiger partial charge is 0.330 e. The molecule has 1 aromatic rings. The zero-order valence-electron chi connectivity index (χ0n) is 10.5. The Balaban J connectivity index is 1.81. The molecule has 2 saturated carbocycles. The summed E-state index contributed by atoms with van der Waals surface area (Å²) in [6.45, 7) is 0.765. The highest BCUT2D eigenvalue weighted by molar-refractivity contribution is 5.10. The van der Waals surface area contributed by atoms with Crippen LogP contribution in [0, 0.1) is 5.92 Å². The maximum absolute atomic E-state index is 5.95. The number of hydrogen-bond donors (Lipinski definition) is 1. The van der Waals surface area contributed by atoms with Gasteiger partial charge in [-0.3, -0.25) is 0 Å². The maximum atomic E-state index is 5.95. The summed E-state index contributed by atoms with van der Waals surface area (Å²) in [6, 6.07) is 0.509. The molecular formula is C14H23N3. The van der Waals surface area contributed by atoms with E-state index >= 15 is 0 Å². The van der Waals surface area contributed by atoms with E-state index in [0.717, 1.165) is 18.4 Å². The molecule has 2 aliphatic rings. The van der Waals surface area contributed by atoms with Crippen molar-refractivity contribution in [2.45, 2.75) is 56.9 Å². The molecule has 0 radical (unpaired) electrons. The van der Waals surface area contributed by atoms with Crippen molar-refractivity contribution in [1.82, 2.24) is 9.55 Å². The molecule has 0 amide bonds. The topological polar surface area (TPSA) is 43.8 Å². The molecule has 1 aromatic heterocycles. The Hall–Kier alpha value is -0.830. The van der Waals surface area contributed by atoms with E-state index in [-0.39, 0.29) is 0 Å². The normalized spacial score (nSPS) is 23.8. The van der Waals surface area contributed by atoms with E-state index in [1.165, 1.54) is 50.6 Å². The summed E-state index contributed by atoms with van der Waals surface area (Å²) in [5, 5.41) is 0. The van der Waals surface area contributed by atoms with Gasteiger partial charge in [0.15, 0.2) is 0 Å². The van der Waals surface area contributed by atoms with Crippen LogP contribution in [0.15, 0.2) is 12.5 Å². The fourth-order valence-corrected chi connectivity index (χ4v) is 3.32. The van der Waals surface area contributed by atoms with Crippen LogP contribution >= 0.6 is 0 Å². The Morgan fingerprint density at radius 3 is 2.65 bits per heavy atom. The quantitative estimate of drug-likeness (QED) is 0.869. The van der Waals surface area contributed by atoms with Crippen molar-refractivity contribution >= 4 is 0 Å². The molecule has 0 bridgehead atoms. The van der Waals surface area contributed by atoms with Crippen molar-refractivity contribution in [2.75, 3.05) is 6.54 Å². The Bertz CT molecular complexity index is 361. The van der Waals surface area contributed by atoms with Crippen molar-refractivity contribution in [3.63, 3.8) is 0 Å². The number of nitrogens with zero attached hydrogens (tertiary/aromatic N) is 2. The van der Waals surface area contributed by atoms with E-state index in [0.29, 0.717) is 6.04 Å². The first kappa shape index (κ1) is 11.3. The smallest absolute Gasteiger partial charge is 0.0951 e. The van der Waals surface area contributed by atoms with Gasteiger partial charge in [0.2, 0.25) is 0 Å². The number of aromatic nitrogens is 2. The molecule has 1 unspecified atom stereocenters. The summed E-state index contributed by atoms with van der Waals surface area (Å²) in [5.41, 5.74) is 7.41. The van der Waals surface area contributed by atoms with Gasteiger partial charge in [-0.05, 0) is 31.6 Å². The highest BCUT2D eigenvalue weighted by atomic mass is 15.1. The first-order chi connectivity index (χ1) is 8.40. The maximum Gasteiger partial charge on any atom is 0.0951 e. The van der Waals surface area contributed by atoms with Gasteiger partial charge >= 0.3 is 0 Å². The zero-order chi connectivity index (χ0) is 11.7. The lowest BCUT2D eigenvalue weighted by atomic mass is 9.87. The van der Waals surface area contributed by atoms with Gasteiger partial charge in [-0.15, -0.1) is 0 Å². The van der Waals surface area contributed by atoms with Crippen molar-refractivity contribution in [1.29, 1.82) is 0 Å². The number of imidazole rings is 1. The molecule has 0 aromatic carbocycles. The van der Waals surface area contributed by atoms with E-state index < -0.39 is 0 Å². The lowest BCUT2D eigenvalue weighted by Crippen LogP contribution is -2.23. The third kappa shape index (κ3) is 2.25. The molecule has 3 nitrogen and oxygen atoms in total. The minimum absolute atomic E-state index is 0.509. The molecule has 3 heteroatoms. The molecule has 0 spiro atoms. The number of nitrogens with two attached hydrogens (primary N) is 1. The van der Waals surface area contributed by atoms with Gasteiger partial charge in [-0.25, -0.2) is 4.98 Å². The Kier molecular flexibility index (Phi) is 3.19. The first-order valence-corrected chi connectivity index (χ1v) is 7.12. The molecule has 2 fully saturated rings. The summed E-state index contributed by atoms with van der Waals surface area (Å²) in [5.74, 6) is 1.55. The number of rotatable bonds is 4. The van der Waals surface area contributed by atoms with Gasteiger partial charge < -0.3 is 10.3 Å². The van der Waals surface area contributed by atoms with Crippen LogP contribution in [0.5, 0.6) is 0 Å². The average molecular weight is 233 g/mol. The van der Waals surface area contributed by atoms with Crippen LogP contribution in [0.25, 0.3) is 0 Å². The van der Waals surface area contributed by atoms with Gasteiger partial charge in [-0.2, -0.15) is 0 Å². The van der Waals surface area contributed by atoms with Crippen LogP contribution in [0.1, 0.15) is 62.6 Å². The highest BCUT2D eigenvalue weighted by Crippen LogP contribution is 2.41. The second-order valence-corrected chi connectivity index (χ2v) is 5.70. The van der Waals surface area contributed by atoms with E-state index in [1.54, 1.807) is 0 Å². The second-order valence-electron chi connectivity index (χ2n) is 5.70. The van der Waals surface area contributed by atoms with Crippen molar-refractivity contribution < 1.29 is 0 Å². The fourth-order valence-electron chi connectivity index (χ4n) is 3.32. The Morgan fingerprint density at radius 1 is 1.24 bits per heavy atom. The minimum Gasteiger partial charge on any atom is -0.330 e. The molecule has 94 valence electrons. The van der Waals surface area contributed by atoms with Crippen LogP contribution < -0.4 is 5.73 Å². The van der Waals surface area contributed by atoms with Crippen molar-refractivity contribution in [3.8, 4) is 0 Å². The van der Waals surface area contributed by atoms with Crippen LogP contribution in [-0.4, -0.2) is 16.1 Å². The molecule has 1 heterocycles. The number of hydrogen-bond acceptors (Lipinski definition) is 2. The summed E-state index contributed by atoms with van der Waals surface area (Å²) in [7, 11) is 0. The van der Waals surface area contributed by atoms with E-state index in [9.17, 15) is 0 Å². The third-order valence-corrected chi connectivity index (χ3v) is 4.48. The Labute approximate surface area is 103 Å². The van der Waals surface area contributed by atoms with Gasteiger partial charge in [-0.1, -0.05) is 19.3 Å². The third-order valence-electron chi connectivity index (χ3n) is 4.48. The van der Waals surface area contributed by atoms with Crippen LogP contribution in [0.2, 0.25) is 0 Å². The summed E-state index contributed by atoms with van der Waals surface area (Å²) in [4.78, 5) is 4.38. The lowest BCUT2D eigenvalue weighted by molar-refractivity contribution is 0.387. The van der Waals surface area contributed by atoms with Gasteiger partial charge in [0, 0.05) is 30.4 Å². The molecule has 0 aliphatic heterocycles. The van der Waals surface area contributed by atoms with Gasteiger partial charge in [0.05, 0.1) is 6.33 Å². The van der Waals surface area contributed by atoms with E-state index in [4.69, 9.17) is 5.73 Å². The summed E-state index contributed by atoms with van der Waals surface area (Å²) < 4.78 is 2.40. The monoisotopic (exact) mass is 233 g/mol. The first-order valence-electron chi connectivity index (χ1n) is 7.12. The van der Waals surface area contributed by atoms with Crippen LogP contribution in [-0.2, 0) is 0 Å². The standard InChI is InChI=1S/C14H23N3/c15-8-13(12-6-7-12)17-10-16-9-14(17)11-4-2-1-3-5-11/h9-13H,1-8,15H2. The SMILES string of the molecule is NCC(C1CC1)n1cncc1C1CCCCC1. The van der Waals surface area contributed by atoms with Gasteiger partial charge in [0.1, 0.15) is 0 Å². The predicted molar refractivity (Wildman–Crippen MR) is 68.9 cm³/mol. The fraction of sp³-hybridized carbons (Fsp3) is 0.786. The molecular weight excluding hydrogens is 210 g/mol. The van der Waals surface area contributed by atoms with E-state index in [1.807, 2.05) is 6.33 Å². The van der Waals surface area contributed by atoms with Crippen LogP contribution in [0.4, 0.5) is 0 Å². The molecule has 3 rings (SSSR count). The van der Waals surface area contributed by atoms with Crippen molar-refractivity contribution in [2.24, 2.45) is 11.7 Å². The predicted octanol–water partition coefficient (Wildman–Crippen LogP) is 2.84. The lowest BCUT2D eigenvalue weighted by Gasteiger charge is -2.26. The molecule has 1 atom stereocenters. The van der Waals surface area contributed by atoms with Crippen molar-refractivity contribution in [3.05, 3.63) is 18.2 Å². The van der Waals surface area contributed by atoms with E-state index in [2.05, 4.69) is 15.7 Å². The Morgan fingerprint density at radius 2 is 2.00 bits per heavy atom. The molecule has 0 saturated heterocycles. The summed E-state index contributed by atoms with van der Waals surface area (Å²) >= 11 is 0. The average Bonchev–Trinajstić information content (AvgIpc) is 3.09.